The fourth-order valence-corrected chi connectivity index (χ4v) is 3.47. The Morgan fingerprint density at radius 3 is 3.11 bits per heavy atom. The molecule has 3 heterocycles. The minimum absolute atomic E-state index is 0.467. The Kier molecular flexibility index (Phi) is 3.76. The molecular formula is C12H17N5S2. The molecule has 19 heavy (non-hydrogen) atoms. The highest BCUT2D eigenvalue weighted by Crippen LogP contribution is 2.22. The second kappa shape index (κ2) is 5.52. The predicted molar refractivity (Wildman–Crippen MR) is 78.6 cm³/mol. The summed E-state index contributed by atoms with van der Waals surface area (Å²) in [7, 11) is 0. The van der Waals surface area contributed by atoms with Crippen molar-refractivity contribution in [2.45, 2.75) is 26.3 Å². The smallest absolute Gasteiger partial charge is 0.213 e. The molecule has 0 radical (unpaired) electrons. The number of aromatic nitrogens is 4. The van der Waals surface area contributed by atoms with Crippen LogP contribution in [0.25, 0.3) is 11.5 Å². The summed E-state index contributed by atoms with van der Waals surface area (Å²) in [5, 5.41) is 8.91. The number of piperidine rings is 1. The van der Waals surface area contributed by atoms with Gasteiger partial charge in [-0.15, -0.1) is 11.3 Å². The van der Waals surface area contributed by atoms with Gasteiger partial charge in [-0.05, 0) is 37.5 Å². The van der Waals surface area contributed by atoms with E-state index in [2.05, 4.69) is 32.0 Å². The third kappa shape index (κ3) is 3.10. The Morgan fingerprint density at radius 2 is 2.37 bits per heavy atom. The first kappa shape index (κ1) is 13.0. The van der Waals surface area contributed by atoms with E-state index in [-0.39, 0.29) is 0 Å². The third-order valence-corrected chi connectivity index (χ3v) is 4.42. The van der Waals surface area contributed by atoms with Crippen LogP contribution in [0.3, 0.4) is 0 Å². The van der Waals surface area contributed by atoms with Crippen LogP contribution in [0.2, 0.25) is 0 Å². The van der Waals surface area contributed by atoms with Gasteiger partial charge in [0, 0.05) is 11.9 Å². The van der Waals surface area contributed by atoms with Crippen LogP contribution in [0, 0.1) is 10.7 Å². The van der Waals surface area contributed by atoms with Crippen LogP contribution in [0.4, 0.5) is 0 Å². The van der Waals surface area contributed by atoms with Gasteiger partial charge in [0.2, 0.25) is 4.77 Å². The second-order valence-electron chi connectivity index (χ2n) is 5.12. The number of nitrogens with zero attached hydrogens (tertiary/aromatic N) is 3. The van der Waals surface area contributed by atoms with Gasteiger partial charge in [-0.3, -0.25) is 15.1 Å². The van der Waals surface area contributed by atoms with Gasteiger partial charge in [-0.25, -0.2) is 4.98 Å². The van der Waals surface area contributed by atoms with Gasteiger partial charge >= 0.3 is 0 Å². The molecule has 1 aliphatic heterocycles. The molecule has 0 spiro atoms. The number of H-pyrrole nitrogens is 2. The zero-order chi connectivity index (χ0) is 13.2. The van der Waals surface area contributed by atoms with Gasteiger partial charge in [-0.2, -0.15) is 4.98 Å². The molecule has 3 rings (SSSR count). The number of aromatic amines is 2. The Morgan fingerprint density at radius 1 is 1.47 bits per heavy atom. The summed E-state index contributed by atoms with van der Waals surface area (Å²) in [5.74, 6) is 1.52. The number of hydrogen-bond donors (Lipinski definition) is 2. The third-order valence-electron chi connectivity index (χ3n) is 3.40. The summed E-state index contributed by atoms with van der Waals surface area (Å²) >= 11 is 6.64. The molecule has 2 aromatic heterocycles. The Labute approximate surface area is 121 Å². The molecule has 0 bridgehead atoms. The van der Waals surface area contributed by atoms with Crippen molar-refractivity contribution in [3.63, 3.8) is 0 Å². The fourth-order valence-electron chi connectivity index (χ4n) is 2.51. The largest absolute Gasteiger partial charge is 0.296 e. The van der Waals surface area contributed by atoms with Crippen molar-refractivity contribution in [1.29, 1.82) is 0 Å². The minimum atomic E-state index is 0.467. The van der Waals surface area contributed by atoms with Gasteiger partial charge in [0.15, 0.2) is 5.82 Å². The van der Waals surface area contributed by atoms with Crippen molar-refractivity contribution in [2.24, 2.45) is 5.92 Å². The lowest BCUT2D eigenvalue weighted by Gasteiger charge is -2.29. The van der Waals surface area contributed by atoms with E-state index >= 15 is 0 Å². The average molecular weight is 295 g/mol. The molecule has 1 fully saturated rings. The van der Waals surface area contributed by atoms with Crippen molar-refractivity contribution in [3.8, 4) is 11.5 Å². The first-order valence-corrected chi connectivity index (χ1v) is 7.81. The molecule has 0 aliphatic carbocycles. The number of hydrogen-bond acceptors (Lipinski definition) is 5. The first-order chi connectivity index (χ1) is 9.20. The molecule has 2 N–H and O–H groups in total. The van der Waals surface area contributed by atoms with Crippen LogP contribution in [0.15, 0.2) is 5.38 Å². The number of nitrogens with one attached hydrogen (secondary N) is 2. The van der Waals surface area contributed by atoms with E-state index in [1.807, 2.05) is 5.38 Å². The molecule has 0 amide bonds. The molecule has 0 saturated carbocycles. The molecule has 1 saturated heterocycles. The van der Waals surface area contributed by atoms with Crippen LogP contribution >= 0.6 is 23.6 Å². The Balaban J connectivity index is 1.69. The molecule has 102 valence electrons. The summed E-state index contributed by atoms with van der Waals surface area (Å²) in [4.78, 5) is 11.3. The quantitative estimate of drug-likeness (QED) is 0.855. The number of likely N-dealkylation sites (tertiary alicyclic amines) is 1. The van der Waals surface area contributed by atoms with Gasteiger partial charge in [0.25, 0.3) is 0 Å². The summed E-state index contributed by atoms with van der Waals surface area (Å²) in [5.41, 5.74) is 0.873. The first-order valence-electron chi connectivity index (χ1n) is 6.52. The summed E-state index contributed by atoms with van der Waals surface area (Å²) < 4.78 is 0.467. The van der Waals surface area contributed by atoms with Crippen molar-refractivity contribution in [3.05, 3.63) is 15.2 Å². The van der Waals surface area contributed by atoms with Crippen molar-refractivity contribution in [1.82, 2.24) is 25.1 Å². The molecule has 2 aromatic rings. The summed E-state index contributed by atoms with van der Waals surface area (Å²) in [6.07, 6.45) is 2.65. The van der Waals surface area contributed by atoms with Crippen LogP contribution < -0.4 is 0 Å². The lowest BCUT2D eigenvalue weighted by atomic mass is 10.0. The van der Waals surface area contributed by atoms with Crippen molar-refractivity contribution < 1.29 is 0 Å². The zero-order valence-electron chi connectivity index (χ0n) is 10.8. The maximum Gasteiger partial charge on any atom is 0.213 e. The maximum absolute atomic E-state index is 4.95. The molecule has 0 aromatic carbocycles. The molecule has 1 aliphatic rings. The average Bonchev–Trinajstić information content (AvgIpc) is 2.98. The highest BCUT2D eigenvalue weighted by Gasteiger charge is 2.17. The van der Waals surface area contributed by atoms with Gasteiger partial charge in [0.1, 0.15) is 10.7 Å². The molecule has 7 heteroatoms. The van der Waals surface area contributed by atoms with E-state index in [0.717, 1.165) is 29.0 Å². The van der Waals surface area contributed by atoms with E-state index in [9.17, 15) is 0 Å². The molecule has 1 unspecified atom stereocenters. The van der Waals surface area contributed by atoms with Crippen LogP contribution in [0.5, 0.6) is 0 Å². The van der Waals surface area contributed by atoms with E-state index in [4.69, 9.17) is 12.2 Å². The van der Waals surface area contributed by atoms with E-state index in [0.29, 0.717) is 4.77 Å². The number of rotatable bonds is 3. The summed E-state index contributed by atoms with van der Waals surface area (Å²) in [6, 6.07) is 0. The SMILES string of the molecule is CC1CCCN(Cc2nc(-c3nc(=S)[nH][nH]3)cs2)C1. The molecule has 5 nitrogen and oxygen atoms in total. The normalized spacial score (nSPS) is 20.8. The van der Waals surface area contributed by atoms with Crippen molar-refractivity contribution >= 4 is 23.6 Å². The summed E-state index contributed by atoms with van der Waals surface area (Å²) in [6.45, 7) is 5.63. The van der Waals surface area contributed by atoms with Gasteiger partial charge < -0.3 is 0 Å². The van der Waals surface area contributed by atoms with E-state index in [1.165, 1.54) is 25.9 Å². The maximum atomic E-state index is 4.95. The molecular weight excluding hydrogens is 278 g/mol. The van der Waals surface area contributed by atoms with Gasteiger partial charge in [0.05, 0.1) is 6.54 Å². The van der Waals surface area contributed by atoms with E-state index in [1.54, 1.807) is 11.3 Å². The van der Waals surface area contributed by atoms with Crippen LogP contribution in [0.1, 0.15) is 24.8 Å². The Bertz CT molecular complexity index is 599. The highest BCUT2D eigenvalue weighted by atomic mass is 32.1. The zero-order valence-corrected chi connectivity index (χ0v) is 12.5. The lowest BCUT2D eigenvalue weighted by Crippen LogP contribution is -2.33. The topological polar surface area (TPSA) is 60.6 Å². The van der Waals surface area contributed by atoms with Gasteiger partial charge in [-0.1, -0.05) is 6.92 Å². The fraction of sp³-hybridized carbons (Fsp3) is 0.583. The lowest BCUT2D eigenvalue weighted by molar-refractivity contribution is 0.176. The van der Waals surface area contributed by atoms with Crippen molar-refractivity contribution in [2.75, 3.05) is 13.1 Å². The highest BCUT2D eigenvalue weighted by molar-refractivity contribution is 7.71. The van der Waals surface area contributed by atoms with Crippen LogP contribution in [-0.2, 0) is 6.54 Å². The second-order valence-corrected chi connectivity index (χ2v) is 6.45. The molecule has 1 atom stereocenters. The van der Waals surface area contributed by atoms with Crippen LogP contribution in [-0.4, -0.2) is 38.2 Å². The number of thiazole rings is 1. The minimum Gasteiger partial charge on any atom is -0.296 e. The predicted octanol–water partition coefficient (Wildman–Crippen LogP) is 2.82. The van der Waals surface area contributed by atoms with E-state index < -0.39 is 0 Å². The standard InChI is InChI=1S/C12H17N5S2/c1-8-3-2-4-17(5-8)6-10-13-9(7-19-10)11-14-12(18)16-15-11/h7-8H,2-6H2,1H3,(H2,14,15,16,18). The monoisotopic (exact) mass is 295 g/mol. The Hall–Kier alpha value is -1.05.